The van der Waals surface area contributed by atoms with E-state index in [-0.39, 0.29) is 11.1 Å². The van der Waals surface area contributed by atoms with Crippen LogP contribution in [0.1, 0.15) is 39.1 Å². The monoisotopic (exact) mass is 352 g/mol. The van der Waals surface area contributed by atoms with Crippen LogP contribution in [0, 0.1) is 12.8 Å². The molecule has 0 heterocycles. The van der Waals surface area contributed by atoms with Crippen LogP contribution >= 0.6 is 0 Å². The SMILES string of the molecule is Cc1c(C(=O)O)ccc(OS(=O)(=O)C(F)(F)F)c1C(=O)C1CC1. The summed E-state index contributed by atoms with van der Waals surface area (Å²) in [5, 5.41) is 9.03. The van der Waals surface area contributed by atoms with Crippen molar-refractivity contribution in [2.45, 2.75) is 25.3 Å². The summed E-state index contributed by atoms with van der Waals surface area (Å²) in [7, 11) is -5.96. The number of Topliss-reactive ketones (excluding diaryl/α,β-unsaturated/α-hetero) is 1. The lowest BCUT2D eigenvalue weighted by Crippen LogP contribution is -2.29. The summed E-state index contributed by atoms with van der Waals surface area (Å²) in [6, 6.07) is 1.64. The number of rotatable bonds is 5. The molecule has 1 aromatic carbocycles. The summed E-state index contributed by atoms with van der Waals surface area (Å²) in [6.45, 7) is 1.21. The number of carboxylic acids is 1. The molecule has 0 amide bonds. The number of hydrogen-bond donors (Lipinski definition) is 1. The first kappa shape index (κ1) is 17.3. The summed E-state index contributed by atoms with van der Waals surface area (Å²) in [6.07, 6.45) is 1.00. The van der Waals surface area contributed by atoms with E-state index in [0.717, 1.165) is 12.1 Å². The average molecular weight is 352 g/mol. The molecule has 0 aromatic heterocycles. The number of carboxylic acid groups (broad SMARTS) is 1. The molecule has 23 heavy (non-hydrogen) atoms. The Morgan fingerprint density at radius 1 is 1.26 bits per heavy atom. The van der Waals surface area contributed by atoms with Gasteiger partial charge in [-0.3, -0.25) is 4.79 Å². The molecule has 0 aliphatic heterocycles. The Kier molecular flexibility index (Phi) is 4.14. The van der Waals surface area contributed by atoms with E-state index in [2.05, 4.69) is 4.18 Å². The average Bonchev–Trinajstić information content (AvgIpc) is 3.20. The number of hydrogen-bond acceptors (Lipinski definition) is 5. The Morgan fingerprint density at radius 3 is 2.26 bits per heavy atom. The van der Waals surface area contributed by atoms with Crippen LogP contribution in [0.4, 0.5) is 13.2 Å². The molecule has 1 aromatic rings. The molecule has 0 radical (unpaired) electrons. The molecular weight excluding hydrogens is 341 g/mol. The van der Waals surface area contributed by atoms with Crippen molar-refractivity contribution < 1.29 is 40.5 Å². The molecule has 126 valence electrons. The Balaban J connectivity index is 2.57. The van der Waals surface area contributed by atoms with Gasteiger partial charge in [0.2, 0.25) is 0 Å². The molecule has 1 aliphatic rings. The minimum atomic E-state index is -5.96. The van der Waals surface area contributed by atoms with Crippen LogP contribution in [0.3, 0.4) is 0 Å². The quantitative estimate of drug-likeness (QED) is 0.497. The molecule has 0 spiro atoms. The van der Waals surface area contributed by atoms with Crippen molar-refractivity contribution in [2.24, 2.45) is 5.92 Å². The highest BCUT2D eigenvalue weighted by atomic mass is 32.2. The van der Waals surface area contributed by atoms with E-state index in [0.29, 0.717) is 12.8 Å². The van der Waals surface area contributed by atoms with Crippen LogP contribution < -0.4 is 4.18 Å². The minimum Gasteiger partial charge on any atom is -0.478 e. The first-order chi connectivity index (χ1) is 10.5. The van der Waals surface area contributed by atoms with Gasteiger partial charge < -0.3 is 9.29 Å². The summed E-state index contributed by atoms with van der Waals surface area (Å²) in [5.41, 5.74) is -6.55. The third-order valence-electron chi connectivity index (χ3n) is 3.33. The molecule has 2 rings (SSSR count). The molecule has 0 bridgehead atoms. The highest BCUT2D eigenvalue weighted by Crippen LogP contribution is 2.38. The summed E-state index contributed by atoms with van der Waals surface area (Å²) in [4.78, 5) is 23.3. The lowest BCUT2D eigenvalue weighted by atomic mass is 9.96. The summed E-state index contributed by atoms with van der Waals surface area (Å²) < 4.78 is 63.6. The Hall–Kier alpha value is -2.10. The van der Waals surface area contributed by atoms with Crippen LogP contribution in [0.25, 0.3) is 0 Å². The van der Waals surface area contributed by atoms with Gasteiger partial charge in [0.15, 0.2) is 11.5 Å². The van der Waals surface area contributed by atoms with E-state index >= 15 is 0 Å². The molecule has 1 saturated carbocycles. The van der Waals surface area contributed by atoms with E-state index in [4.69, 9.17) is 5.11 Å². The van der Waals surface area contributed by atoms with E-state index in [1.807, 2.05) is 0 Å². The molecule has 1 N–H and O–H groups in total. The lowest BCUT2D eigenvalue weighted by Gasteiger charge is -2.15. The van der Waals surface area contributed by atoms with Gasteiger partial charge in [-0.1, -0.05) is 0 Å². The fraction of sp³-hybridized carbons (Fsp3) is 0.385. The molecule has 1 fully saturated rings. The van der Waals surface area contributed by atoms with Gasteiger partial charge in [-0.2, -0.15) is 21.6 Å². The maximum atomic E-state index is 12.4. The molecule has 0 atom stereocenters. The van der Waals surface area contributed by atoms with Crippen molar-refractivity contribution >= 4 is 21.9 Å². The van der Waals surface area contributed by atoms with Crippen molar-refractivity contribution in [2.75, 3.05) is 0 Å². The smallest absolute Gasteiger partial charge is 0.478 e. The number of carbonyl (C=O) groups excluding carboxylic acids is 1. The van der Waals surface area contributed by atoms with Gasteiger partial charge in [0.25, 0.3) is 0 Å². The Morgan fingerprint density at radius 2 is 1.83 bits per heavy atom. The van der Waals surface area contributed by atoms with E-state index < -0.39 is 44.6 Å². The van der Waals surface area contributed by atoms with Crippen LogP contribution in [0.5, 0.6) is 5.75 Å². The predicted octanol–water partition coefficient (Wildman–Crippen LogP) is 2.51. The zero-order chi connectivity index (χ0) is 17.6. The zero-order valence-corrected chi connectivity index (χ0v) is 12.5. The topological polar surface area (TPSA) is 97.7 Å². The fourth-order valence-corrected chi connectivity index (χ4v) is 2.48. The standard InChI is InChI=1S/C13H11F3O6S/c1-6-8(12(18)19)4-5-9(10(6)11(17)7-2-3-7)22-23(20,21)13(14,15)16/h4-5,7H,2-3H2,1H3,(H,18,19). The first-order valence-corrected chi connectivity index (χ1v) is 7.78. The van der Waals surface area contributed by atoms with Crippen molar-refractivity contribution in [1.29, 1.82) is 0 Å². The normalized spacial score (nSPS) is 15.3. The number of alkyl halides is 3. The van der Waals surface area contributed by atoms with Gasteiger partial charge in [0.05, 0.1) is 11.1 Å². The maximum Gasteiger partial charge on any atom is 0.534 e. The minimum absolute atomic E-state index is 0.135. The van der Waals surface area contributed by atoms with E-state index in [9.17, 15) is 31.2 Å². The van der Waals surface area contributed by atoms with Crippen molar-refractivity contribution in [3.05, 3.63) is 28.8 Å². The zero-order valence-electron chi connectivity index (χ0n) is 11.7. The van der Waals surface area contributed by atoms with Crippen LogP contribution in [0.2, 0.25) is 0 Å². The highest BCUT2D eigenvalue weighted by Gasteiger charge is 2.49. The van der Waals surface area contributed by atoms with Gasteiger partial charge in [-0.15, -0.1) is 0 Å². The maximum absolute atomic E-state index is 12.4. The van der Waals surface area contributed by atoms with Crippen molar-refractivity contribution in [3.8, 4) is 5.75 Å². The fourth-order valence-electron chi connectivity index (χ4n) is 2.01. The van der Waals surface area contributed by atoms with E-state index in [1.165, 1.54) is 6.92 Å². The van der Waals surface area contributed by atoms with Gasteiger partial charge in [0, 0.05) is 5.92 Å². The second-order valence-corrected chi connectivity index (χ2v) is 6.58. The molecule has 1 aliphatic carbocycles. The predicted molar refractivity (Wildman–Crippen MR) is 70.8 cm³/mol. The van der Waals surface area contributed by atoms with Gasteiger partial charge in [0.1, 0.15) is 0 Å². The number of carbonyl (C=O) groups is 2. The van der Waals surface area contributed by atoms with Gasteiger partial charge in [-0.05, 0) is 37.5 Å². The Labute approximate surface area is 129 Å². The first-order valence-electron chi connectivity index (χ1n) is 6.37. The third kappa shape index (κ3) is 3.31. The highest BCUT2D eigenvalue weighted by molar-refractivity contribution is 7.88. The van der Waals surface area contributed by atoms with Crippen LogP contribution in [0.15, 0.2) is 12.1 Å². The number of benzene rings is 1. The largest absolute Gasteiger partial charge is 0.534 e. The second-order valence-electron chi connectivity index (χ2n) is 5.04. The van der Waals surface area contributed by atoms with Crippen molar-refractivity contribution in [3.63, 3.8) is 0 Å². The molecule has 0 unspecified atom stereocenters. The summed E-state index contributed by atoms with van der Waals surface area (Å²) >= 11 is 0. The van der Waals surface area contributed by atoms with E-state index in [1.54, 1.807) is 0 Å². The van der Waals surface area contributed by atoms with Crippen LogP contribution in [-0.4, -0.2) is 30.8 Å². The third-order valence-corrected chi connectivity index (χ3v) is 4.30. The molecule has 0 saturated heterocycles. The molecular formula is C13H11F3O6S. The summed E-state index contributed by atoms with van der Waals surface area (Å²) in [5.74, 6) is -3.30. The molecule has 10 heteroatoms. The number of halogens is 3. The Bertz CT molecular complexity index is 778. The van der Waals surface area contributed by atoms with Gasteiger partial charge >= 0.3 is 21.6 Å². The molecule has 6 nitrogen and oxygen atoms in total. The second kappa shape index (κ2) is 5.52. The lowest BCUT2D eigenvalue weighted by molar-refractivity contribution is -0.0500. The van der Waals surface area contributed by atoms with Gasteiger partial charge in [-0.25, -0.2) is 4.79 Å². The number of aromatic carboxylic acids is 1. The van der Waals surface area contributed by atoms with Crippen LogP contribution in [-0.2, 0) is 10.1 Å². The van der Waals surface area contributed by atoms with Crippen molar-refractivity contribution in [1.82, 2.24) is 0 Å². The number of ketones is 1.